The lowest BCUT2D eigenvalue weighted by atomic mass is 9.97. The topological polar surface area (TPSA) is 74.3 Å². The number of anilines is 2. The number of hydrogen-bond acceptors (Lipinski definition) is 5. The third-order valence-electron chi connectivity index (χ3n) is 4.98. The number of carbonyl (C=O) groups excluding carboxylic acids is 2. The molecule has 0 radical (unpaired) electrons. The number of carbonyl (C=O) groups is 2. The van der Waals surface area contributed by atoms with Crippen LogP contribution in [0.15, 0.2) is 24.3 Å². The SMILES string of the molecule is Cc1nc(NC(=O)CN2CCCC(C(=O)Nc3cccc(C(F)(F)F)c3)C2)sc1C. The number of nitrogens with one attached hydrogen (secondary N) is 2. The van der Waals surface area contributed by atoms with E-state index in [1.165, 1.54) is 23.5 Å². The van der Waals surface area contributed by atoms with Gasteiger partial charge in [0.25, 0.3) is 0 Å². The molecule has 1 aliphatic rings. The Morgan fingerprint density at radius 2 is 2.03 bits per heavy atom. The van der Waals surface area contributed by atoms with Gasteiger partial charge in [-0.15, -0.1) is 11.3 Å². The van der Waals surface area contributed by atoms with Crippen LogP contribution < -0.4 is 10.6 Å². The van der Waals surface area contributed by atoms with Crippen molar-refractivity contribution in [1.29, 1.82) is 0 Å². The molecule has 1 aromatic heterocycles. The molecule has 0 bridgehead atoms. The largest absolute Gasteiger partial charge is 0.416 e. The number of thiazole rings is 1. The van der Waals surface area contributed by atoms with Crippen LogP contribution >= 0.6 is 11.3 Å². The molecule has 1 unspecified atom stereocenters. The first kappa shape index (κ1) is 22.2. The number of halogens is 3. The van der Waals surface area contributed by atoms with Crippen LogP contribution in [0, 0.1) is 19.8 Å². The van der Waals surface area contributed by atoms with Gasteiger partial charge in [0.1, 0.15) is 0 Å². The normalized spacial score (nSPS) is 17.6. The zero-order chi connectivity index (χ0) is 21.9. The fourth-order valence-electron chi connectivity index (χ4n) is 3.32. The molecular formula is C20H23F3N4O2S. The maximum absolute atomic E-state index is 12.9. The van der Waals surface area contributed by atoms with Crippen LogP contribution in [-0.2, 0) is 15.8 Å². The van der Waals surface area contributed by atoms with Gasteiger partial charge in [-0.05, 0) is 51.4 Å². The summed E-state index contributed by atoms with van der Waals surface area (Å²) < 4.78 is 38.6. The van der Waals surface area contributed by atoms with Gasteiger partial charge in [-0.2, -0.15) is 13.2 Å². The smallest absolute Gasteiger partial charge is 0.326 e. The number of alkyl halides is 3. The van der Waals surface area contributed by atoms with Gasteiger partial charge in [0, 0.05) is 17.1 Å². The number of rotatable bonds is 5. The van der Waals surface area contributed by atoms with Gasteiger partial charge in [-0.3, -0.25) is 14.5 Å². The molecule has 0 aliphatic carbocycles. The summed E-state index contributed by atoms with van der Waals surface area (Å²) in [5, 5.41) is 5.89. The second-order valence-electron chi connectivity index (χ2n) is 7.35. The van der Waals surface area contributed by atoms with Crippen LogP contribution in [0.3, 0.4) is 0 Å². The minimum atomic E-state index is -4.47. The second-order valence-corrected chi connectivity index (χ2v) is 8.55. The van der Waals surface area contributed by atoms with Crippen molar-refractivity contribution in [1.82, 2.24) is 9.88 Å². The molecule has 2 amide bonds. The lowest BCUT2D eigenvalue weighted by molar-refractivity contribution is -0.137. The highest BCUT2D eigenvalue weighted by atomic mass is 32.1. The molecule has 1 aromatic carbocycles. The molecule has 0 spiro atoms. The van der Waals surface area contributed by atoms with Gasteiger partial charge in [0.15, 0.2) is 5.13 Å². The Labute approximate surface area is 176 Å². The molecule has 3 rings (SSSR count). The average molecular weight is 440 g/mol. The van der Waals surface area contributed by atoms with Crippen molar-refractivity contribution < 1.29 is 22.8 Å². The van der Waals surface area contributed by atoms with E-state index < -0.39 is 17.7 Å². The number of amides is 2. The fourth-order valence-corrected chi connectivity index (χ4v) is 4.15. The molecule has 2 heterocycles. The maximum atomic E-state index is 12.9. The molecule has 1 aliphatic heterocycles. The van der Waals surface area contributed by atoms with E-state index in [1.807, 2.05) is 18.7 Å². The van der Waals surface area contributed by atoms with Crippen molar-refractivity contribution in [3.05, 3.63) is 40.4 Å². The van der Waals surface area contributed by atoms with Crippen molar-refractivity contribution in [2.75, 3.05) is 30.3 Å². The van der Waals surface area contributed by atoms with Gasteiger partial charge in [-0.25, -0.2) is 4.98 Å². The zero-order valence-electron chi connectivity index (χ0n) is 16.7. The quantitative estimate of drug-likeness (QED) is 0.735. The van der Waals surface area contributed by atoms with Crippen LogP contribution in [0.2, 0.25) is 0 Å². The van der Waals surface area contributed by atoms with E-state index >= 15 is 0 Å². The van der Waals surface area contributed by atoms with E-state index in [-0.39, 0.29) is 24.0 Å². The van der Waals surface area contributed by atoms with Gasteiger partial charge in [0.2, 0.25) is 11.8 Å². The summed E-state index contributed by atoms with van der Waals surface area (Å²) in [7, 11) is 0. The Kier molecular flexibility index (Phi) is 6.77. The first-order chi connectivity index (χ1) is 14.1. The molecule has 0 saturated carbocycles. The van der Waals surface area contributed by atoms with E-state index in [0.717, 1.165) is 29.1 Å². The van der Waals surface area contributed by atoms with Gasteiger partial charge < -0.3 is 10.6 Å². The maximum Gasteiger partial charge on any atom is 0.416 e. The Bertz CT molecular complexity index is 910. The van der Waals surface area contributed by atoms with Crippen LogP contribution in [-0.4, -0.2) is 41.3 Å². The molecule has 1 atom stereocenters. The third-order valence-corrected chi connectivity index (χ3v) is 5.96. The van der Waals surface area contributed by atoms with Crippen LogP contribution in [0.1, 0.15) is 29.0 Å². The first-order valence-corrected chi connectivity index (χ1v) is 10.4. The van der Waals surface area contributed by atoms with E-state index in [9.17, 15) is 22.8 Å². The lowest BCUT2D eigenvalue weighted by Crippen LogP contribution is -2.44. The third kappa shape index (κ3) is 5.79. The first-order valence-electron chi connectivity index (χ1n) is 9.56. The molecule has 30 heavy (non-hydrogen) atoms. The van der Waals surface area contributed by atoms with Crippen molar-refractivity contribution in [3.63, 3.8) is 0 Å². The number of piperidine rings is 1. The average Bonchev–Trinajstić information content (AvgIpc) is 2.98. The summed E-state index contributed by atoms with van der Waals surface area (Å²) in [5.74, 6) is -0.946. The van der Waals surface area contributed by atoms with Crippen molar-refractivity contribution in [2.45, 2.75) is 32.9 Å². The summed E-state index contributed by atoms with van der Waals surface area (Å²) in [5.41, 5.74) is 0.175. The van der Waals surface area contributed by atoms with Crippen molar-refractivity contribution in [3.8, 4) is 0 Å². The number of benzene rings is 1. The summed E-state index contributed by atoms with van der Waals surface area (Å²) in [6.45, 7) is 4.98. The van der Waals surface area contributed by atoms with Gasteiger partial charge in [-0.1, -0.05) is 6.07 Å². The molecular weight excluding hydrogens is 417 g/mol. The van der Waals surface area contributed by atoms with Crippen molar-refractivity contribution >= 4 is 34.0 Å². The summed E-state index contributed by atoms with van der Waals surface area (Å²) >= 11 is 1.41. The predicted molar refractivity (Wildman–Crippen MR) is 109 cm³/mol. The minimum Gasteiger partial charge on any atom is -0.326 e. The molecule has 162 valence electrons. The number of hydrogen-bond donors (Lipinski definition) is 2. The van der Waals surface area contributed by atoms with Crippen molar-refractivity contribution in [2.24, 2.45) is 5.92 Å². The second kappa shape index (κ2) is 9.13. The highest BCUT2D eigenvalue weighted by Crippen LogP contribution is 2.31. The monoisotopic (exact) mass is 440 g/mol. The van der Waals surface area contributed by atoms with E-state index in [1.54, 1.807) is 0 Å². The number of likely N-dealkylation sites (tertiary alicyclic amines) is 1. The molecule has 1 saturated heterocycles. The predicted octanol–water partition coefficient (Wildman–Crippen LogP) is 4.07. The number of nitrogens with zero attached hydrogens (tertiary/aromatic N) is 2. The number of aromatic nitrogens is 1. The Balaban J connectivity index is 1.55. The van der Waals surface area contributed by atoms with Crippen LogP contribution in [0.5, 0.6) is 0 Å². The fraction of sp³-hybridized carbons (Fsp3) is 0.450. The minimum absolute atomic E-state index is 0.110. The molecule has 10 heteroatoms. The highest BCUT2D eigenvalue weighted by Gasteiger charge is 2.31. The molecule has 6 nitrogen and oxygen atoms in total. The zero-order valence-corrected chi connectivity index (χ0v) is 17.5. The lowest BCUT2D eigenvalue weighted by Gasteiger charge is -2.31. The Hall–Kier alpha value is -2.46. The van der Waals surface area contributed by atoms with E-state index in [2.05, 4.69) is 15.6 Å². The van der Waals surface area contributed by atoms with Gasteiger partial charge in [0.05, 0.1) is 23.7 Å². The highest BCUT2D eigenvalue weighted by molar-refractivity contribution is 7.15. The Morgan fingerprint density at radius 1 is 1.27 bits per heavy atom. The number of aryl methyl sites for hydroxylation is 2. The molecule has 1 fully saturated rings. The van der Waals surface area contributed by atoms with Crippen LogP contribution in [0.4, 0.5) is 24.0 Å². The summed E-state index contributed by atoms with van der Waals surface area (Å²) in [6.07, 6.45) is -3.12. The van der Waals surface area contributed by atoms with E-state index in [0.29, 0.717) is 24.6 Å². The van der Waals surface area contributed by atoms with Gasteiger partial charge >= 0.3 is 6.18 Å². The standard InChI is InChI=1S/C20H23F3N4O2S/c1-12-13(2)30-19(24-12)26-17(28)11-27-8-4-5-14(10-27)18(29)25-16-7-3-6-15(9-16)20(21,22)23/h3,6-7,9,14H,4-5,8,10-11H2,1-2H3,(H,25,29)(H,24,26,28). The molecule has 2 N–H and O–H groups in total. The summed E-state index contributed by atoms with van der Waals surface area (Å²) in [6, 6.07) is 4.57. The Morgan fingerprint density at radius 3 is 2.70 bits per heavy atom. The summed E-state index contributed by atoms with van der Waals surface area (Å²) in [4.78, 5) is 32.1. The van der Waals surface area contributed by atoms with E-state index in [4.69, 9.17) is 0 Å². The molecule has 2 aromatic rings. The van der Waals surface area contributed by atoms with Crippen LogP contribution in [0.25, 0.3) is 0 Å².